The first-order valence-electron chi connectivity index (χ1n) is 10.3. The number of ether oxygens (including phenoxy) is 1. The Kier molecular flexibility index (Phi) is 6.57. The summed E-state index contributed by atoms with van der Waals surface area (Å²) in [6.07, 6.45) is 8.54. The molecule has 7 nitrogen and oxygen atoms in total. The fourth-order valence-corrected chi connectivity index (χ4v) is 4.32. The van der Waals surface area contributed by atoms with Crippen molar-refractivity contribution in [2.24, 2.45) is 0 Å². The van der Waals surface area contributed by atoms with Gasteiger partial charge in [-0.2, -0.15) is 0 Å². The van der Waals surface area contributed by atoms with Gasteiger partial charge in [-0.1, -0.05) is 12.1 Å². The summed E-state index contributed by atoms with van der Waals surface area (Å²) in [5, 5.41) is 4.12. The van der Waals surface area contributed by atoms with Crippen molar-refractivity contribution in [1.29, 1.82) is 0 Å². The predicted octanol–water partition coefficient (Wildman–Crippen LogP) is 3.25. The van der Waals surface area contributed by atoms with E-state index in [4.69, 9.17) is 17.0 Å². The Morgan fingerprint density at radius 3 is 2.84 bits per heavy atom. The van der Waals surface area contributed by atoms with Crippen molar-refractivity contribution in [1.82, 2.24) is 24.8 Å². The number of pyridine rings is 2. The van der Waals surface area contributed by atoms with Gasteiger partial charge >= 0.3 is 5.97 Å². The summed E-state index contributed by atoms with van der Waals surface area (Å²) in [6, 6.07) is 14.0. The third-order valence-electron chi connectivity index (χ3n) is 5.45. The van der Waals surface area contributed by atoms with Crippen LogP contribution in [-0.2, 0) is 16.1 Å². The van der Waals surface area contributed by atoms with Crippen LogP contribution in [0.1, 0.15) is 41.9 Å². The quantitative estimate of drug-likeness (QED) is 0.430. The highest BCUT2D eigenvalue weighted by molar-refractivity contribution is 7.80. The molecule has 0 spiro atoms. The number of thiocarbonyl (C=S) groups is 1. The van der Waals surface area contributed by atoms with Crippen molar-refractivity contribution in [2.45, 2.75) is 31.5 Å². The van der Waals surface area contributed by atoms with Crippen LogP contribution in [0.5, 0.6) is 0 Å². The standard InChI is InChI=1S/C23H25N5O2S/c1-30-20(29)10-6-14-28-22(21(26-23(28)31)18-8-2-3-12-25-18)19-9-5-13-27(19)16-17-7-4-11-24-15-17/h2-5,7-9,11-13,15,21-22H,6,10,14,16H2,1H3,(H,26,31). The number of hydrogen-bond acceptors (Lipinski definition) is 5. The van der Waals surface area contributed by atoms with Crippen molar-refractivity contribution in [3.63, 3.8) is 0 Å². The SMILES string of the molecule is COC(=O)CCCN1C(=S)NC(c2ccccn2)C1c1cccn1Cc1cccnc1. The number of esters is 1. The third kappa shape index (κ3) is 4.74. The van der Waals surface area contributed by atoms with Crippen LogP contribution >= 0.6 is 12.2 Å². The molecule has 0 aliphatic carbocycles. The molecular weight excluding hydrogens is 410 g/mol. The Morgan fingerprint density at radius 1 is 1.19 bits per heavy atom. The lowest BCUT2D eigenvalue weighted by Crippen LogP contribution is -2.32. The zero-order valence-electron chi connectivity index (χ0n) is 17.3. The van der Waals surface area contributed by atoms with Crippen LogP contribution in [0.15, 0.2) is 67.3 Å². The molecule has 1 aliphatic heterocycles. The van der Waals surface area contributed by atoms with E-state index in [1.807, 2.05) is 30.5 Å². The van der Waals surface area contributed by atoms with Crippen LogP contribution in [0.3, 0.4) is 0 Å². The molecule has 0 saturated carbocycles. The Labute approximate surface area is 187 Å². The van der Waals surface area contributed by atoms with Gasteiger partial charge in [0.2, 0.25) is 0 Å². The summed E-state index contributed by atoms with van der Waals surface area (Å²) < 4.78 is 7.01. The molecule has 0 aromatic carbocycles. The average Bonchev–Trinajstić information content (AvgIpc) is 3.38. The van der Waals surface area contributed by atoms with Crippen LogP contribution in [-0.4, -0.2) is 44.2 Å². The minimum Gasteiger partial charge on any atom is -0.469 e. The Hall–Kier alpha value is -3.26. The Morgan fingerprint density at radius 2 is 2.10 bits per heavy atom. The van der Waals surface area contributed by atoms with Gasteiger partial charge in [0.25, 0.3) is 0 Å². The number of nitrogens with one attached hydrogen (secondary N) is 1. The summed E-state index contributed by atoms with van der Waals surface area (Å²) >= 11 is 5.70. The molecule has 0 amide bonds. The molecule has 1 N–H and O–H groups in total. The molecule has 2 atom stereocenters. The number of rotatable bonds is 8. The van der Waals surface area contributed by atoms with Crippen molar-refractivity contribution < 1.29 is 9.53 Å². The highest BCUT2D eigenvalue weighted by atomic mass is 32.1. The van der Waals surface area contributed by atoms with E-state index in [9.17, 15) is 4.79 Å². The second kappa shape index (κ2) is 9.70. The van der Waals surface area contributed by atoms with Gasteiger partial charge in [0.1, 0.15) is 0 Å². The van der Waals surface area contributed by atoms with Gasteiger partial charge in [0, 0.05) is 50.0 Å². The topological polar surface area (TPSA) is 72.3 Å². The molecule has 31 heavy (non-hydrogen) atoms. The number of carbonyl (C=O) groups excluding carboxylic acids is 1. The van der Waals surface area contributed by atoms with E-state index in [0.29, 0.717) is 31.0 Å². The second-order valence-corrected chi connectivity index (χ2v) is 7.81. The highest BCUT2D eigenvalue weighted by Crippen LogP contribution is 2.39. The first-order chi connectivity index (χ1) is 15.2. The number of aromatic nitrogens is 3. The maximum absolute atomic E-state index is 11.6. The maximum atomic E-state index is 11.6. The first-order valence-corrected chi connectivity index (χ1v) is 10.7. The van der Waals surface area contributed by atoms with E-state index >= 15 is 0 Å². The van der Waals surface area contributed by atoms with Crippen LogP contribution < -0.4 is 5.32 Å². The van der Waals surface area contributed by atoms with Gasteiger partial charge in [-0.25, -0.2) is 0 Å². The summed E-state index contributed by atoms with van der Waals surface area (Å²) in [5.41, 5.74) is 3.18. The van der Waals surface area contributed by atoms with E-state index in [1.165, 1.54) is 7.11 Å². The predicted molar refractivity (Wildman–Crippen MR) is 121 cm³/mol. The fraction of sp³-hybridized carbons (Fsp3) is 0.304. The Balaban J connectivity index is 1.65. The van der Waals surface area contributed by atoms with E-state index in [0.717, 1.165) is 17.0 Å². The summed E-state index contributed by atoms with van der Waals surface area (Å²) in [4.78, 5) is 22.6. The van der Waals surface area contributed by atoms with Crippen LogP contribution in [0, 0.1) is 0 Å². The van der Waals surface area contributed by atoms with Gasteiger partial charge in [0.15, 0.2) is 5.11 Å². The number of hydrogen-bond donors (Lipinski definition) is 1. The zero-order chi connectivity index (χ0) is 21.6. The lowest BCUT2D eigenvalue weighted by Gasteiger charge is -2.29. The molecule has 3 aromatic rings. The first kappa shape index (κ1) is 21.0. The molecule has 3 aromatic heterocycles. The molecular formula is C23H25N5O2S. The minimum absolute atomic E-state index is 0.0493. The normalized spacial score (nSPS) is 18.1. The largest absolute Gasteiger partial charge is 0.469 e. The second-order valence-electron chi connectivity index (χ2n) is 7.42. The van der Waals surface area contributed by atoms with Crippen LogP contribution in [0.4, 0.5) is 0 Å². The minimum atomic E-state index is -0.212. The maximum Gasteiger partial charge on any atom is 0.305 e. The van der Waals surface area contributed by atoms with Crippen molar-refractivity contribution in [3.05, 3.63) is 84.2 Å². The molecule has 4 rings (SSSR count). The van der Waals surface area contributed by atoms with Crippen molar-refractivity contribution in [3.8, 4) is 0 Å². The molecule has 1 fully saturated rings. The molecule has 8 heteroatoms. The number of methoxy groups -OCH3 is 1. The highest BCUT2D eigenvalue weighted by Gasteiger charge is 2.40. The van der Waals surface area contributed by atoms with Crippen LogP contribution in [0.2, 0.25) is 0 Å². The summed E-state index contributed by atoms with van der Waals surface area (Å²) in [5.74, 6) is -0.212. The van der Waals surface area contributed by atoms with Gasteiger partial charge in [-0.15, -0.1) is 0 Å². The van der Waals surface area contributed by atoms with E-state index in [-0.39, 0.29) is 18.1 Å². The number of nitrogens with zero attached hydrogens (tertiary/aromatic N) is 4. The van der Waals surface area contributed by atoms with E-state index in [1.54, 1.807) is 12.4 Å². The van der Waals surface area contributed by atoms with Gasteiger partial charge < -0.3 is 19.5 Å². The number of carbonyl (C=O) groups is 1. The van der Waals surface area contributed by atoms with E-state index < -0.39 is 0 Å². The monoisotopic (exact) mass is 435 g/mol. The van der Waals surface area contributed by atoms with Gasteiger partial charge in [-0.3, -0.25) is 14.8 Å². The fourth-order valence-electron chi connectivity index (χ4n) is 3.99. The molecule has 0 bridgehead atoms. The lowest BCUT2D eigenvalue weighted by molar-refractivity contribution is -0.140. The summed E-state index contributed by atoms with van der Waals surface area (Å²) in [6.45, 7) is 1.36. The van der Waals surface area contributed by atoms with Crippen molar-refractivity contribution >= 4 is 23.3 Å². The molecule has 1 aliphatic rings. The molecule has 0 radical (unpaired) electrons. The third-order valence-corrected chi connectivity index (χ3v) is 5.80. The zero-order valence-corrected chi connectivity index (χ0v) is 18.2. The smallest absolute Gasteiger partial charge is 0.305 e. The average molecular weight is 436 g/mol. The molecule has 4 heterocycles. The Bertz CT molecular complexity index is 1020. The summed E-state index contributed by atoms with van der Waals surface area (Å²) in [7, 11) is 1.41. The molecule has 2 unspecified atom stereocenters. The van der Waals surface area contributed by atoms with Crippen molar-refractivity contribution in [2.75, 3.05) is 13.7 Å². The van der Waals surface area contributed by atoms with Gasteiger partial charge in [0.05, 0.1) is 24.9 Å². The van der Waals surface area contributed by atoms with E-state index in [2.05, 4.69) is 49.1 Å². The van der Waals surface area contributed by atoms with Gasteiger partial charge in [-0.05, 0) is 54.5 Å². The molecule has 1 saturated heterocycles. The van der Waals surface area contributed by atoms with Crippen LogP contribution in [0.25, 0.3) is 0 Å². The lowest BCUT2D eigenvalue weighted by atomic mass is 10.0. The molecule has 160 valence electrons.